The van der Waals surface area contributed by atoms with Gasteiger partial charge in [0.25, 0.3) is 0 Å². The fraction of sp³-hybridized carbons (Fsp3) is 0.273. The number of rotatable bonds is 3. The summed E-state index contributed by atoms with van der Waals surface area (Å²) >= 11 is 3.36. The average Bonchev–Trinajstić information content (AvgIpc) is 2.93. The van der Waals surface area contributed by atoms with Crippen LogP contribution in [0.2, 0.25) is 0 Å². The number of nitrogens with two attached hydrogens (primary N) is 1. The van der Waals surface area contributed by atoms with Crippen molar-refractivity contribution in [2.24, 2.45) is 12.8 Å². The van der Waals surface area contributed by atoms with E-state index in [0.29, 0.717) is 6.54 Å². The molecule has 0 aromatic carbocycles. The number of aromatic nitrogens is 3. The van der Waals surface area contributed by atoms with Crippen LogP contribution in [-0.2, 0) is 12.8 Å². The van der Waals surface area contributed by atoms with E-state index >= 15 is 0 Å². The third-order valence-corrected chi connectivity index (χ3v) is 4.26. The minimum Gasteiger partial charge on any atom is -0.320 e. The highest BCUT2D eigenvalue weighted by atomic mass is 32.2. The smallest absolute Gasteiger partial charge is 0.191 e. The van der Waals surface area contributed by atoms with Crippen LogP contribution in [0.1, 0.15) is 9.75 Å². The summed E-state index contributed by atoms with van der Waals surface area (Å²) in [6, 6.07) is 4.12. The molecule has 0 saturated carbocycles. The highest BCUT2D eigenvalue weighted by Gasteiger charge is 2.03. The molecule has 0 aliphatic heterocycles. The Morgan fingerprint density at radius 2 is 2.41 bits per heavy atom. The van der Waals surface area contributed by atoms with Crippen LogP contribution >= 0.6 is 23.1 Å². The third-order valence-electron chi connectivity index (χ3n) is 1.99. The number of thiophene rings is 1. The van der Waals surface area contributed by atoms with Gasteiger partial charge < -0.3 is 10.3 Å². The second kappa shape index (κ2) is 5.87. The number of hydrogen-bond donors (Lipinski definition) is 1. The number of nitrogens with zero attached hydrogens (tertiary/aromatic N) is 3. The maximum atomic E-state index is 5.33. The summed E-state index contributed by atoms with van der Waals surface area (Å²) in [7, 11) is 1.94. The third kappa shape index (κ3) is 3.33. The first-order valence-corrected chi connectivity index (χ1v) is 6.84. The molecule has 17 heavy (non-hydrogen) atoms. The van der Waals surface area contributed by atoms with Crippen molar-refractivity contribution in [1.29, 1.82) is 0 Å². The van der Waals surface area contributed by atoms with E-state index in [1.54, 1.807) is 29.4 Å². The fourth-order valence-corrected chi connectivity index (χ4v) is 3.01. The molecule has 0 unspecified atom stereocenters. The Bertz CT molecular complexity index is 547. The van der Waals surface area contributed by atoms with Gasteiger partial charge in [0.15, 0.2) is 5.16 Å². The van der Waals surface area contributed by atoms with E-state index in [-0.39, 0.29) is 0 Å². The molecule has 2 heterocycles. The first kappa shape index (κ1) is 12.2. The zero-order valence-corrected chi connectivity index (χ0v) is 11.0. The Kier molecular flexibility index (Phi) is 4.20. The molecule has 0 spiro atoms. The quantitative estimate of drug-likeness (QED) is 0.674. The van der Waals surface area contributed by atoms with Gasteiger partial charge in [-0.25, -0.2) is 0 Å². The molecule has 0 radical (unpaired) electrons. The lowest BCUT2D eigenvalue weighted by atomic mass is 10.4. The second-order valence-electron chi connectivity index (χ2n) is 3.28. The Morgan fingerprint density at radius 1 is 1.53 bits per heavy atom. The van der Waals surface area contributed by atoms with Crippen LogP contribution in [0.3, 0.4) is 0 Å². The van der Waals surface area contributed by atoms with E-state index in [0.717, 1.165) is 15.8 Å². The summed E-state index contributed by atoms with van der Waals surface area (Å²) in [5.41, 5.74) is 5.33. The first-order valence-electron chi connectivity index (χ1n) is 5.04. The zero-order chi connectivity index (χ0) is 12.1. The molecule has 0 bridgehead atoms. The van der Waals surface area contributed by atoms with E-state index in [4.69, 9.17) is 5.73 Å². The molecular weight excluding hydrogens is 252 g/mol. The van der Waals surface area contributed by atoms with E-state index in [1.165, 1.54) is 4.88 Å². The molecule has 2 aromatic heterocycles. The molecule has 4 nitrogen and oxygen atoms in total. The zero-order valence-electron chi connectivity index (χ0n) is 9.38. The number of hydrogen-bond acceptors (Lipinski definition) is 5. The van der Waals surface area contributed by atoms with Gasteiger partial charge in [0.1, 0.15) is 6.33 Å². The minimum atomic E-state index is 0.404. The Labute approximate surface area is 108 Å². The largest absolute Gasteiger partial charge is 0.320 e. The number of aryl methyl sites for hydroxylation is 1. The average molecular weight is 264 g/mol. The molecule has 2 aromatic rings. The van der Waals surface area contributed by atoms with Crippen molar-refractivity contribution in [2.75, 3.05) is 6.54 Å². The van der Waals surface area contributed by atoms with Crippen LogP contribution in [0.15, 0.2) is 23.6 Å². The van der Waals surface area contributed by atoms with Gasteiger partial charge in [0, 0.05) is 17.7 Å². The van der Waals surface area contributed by atoms with Crippen molar-refractivity contribution in [3.8, 4) is 11.8 Å². The van der Waals surface area contributed by atoms with Gasteiger partial charge in [0.2, 0.25) is 0 Å². The summed E-state index contributed by atoms with van der Waals surface area (Å²) in [5, 5.41) is 8.79. The lowest BCUT2D eigenvalue weighted by Crippen LogP contribution is -1.92. The van der Waals surface area contributed by atoms with Gasteiger partial charge >= 0.3 is 0 Å². The van der Waals surface area contributed by atoms with Crippen molar-refractivity contribution >= 4 is 23.1 Å². The molecule has 6 heteroatoms. The lowest BCUT2D eigenvalue weighted by molar-refractivity contribution is 0.788. The van der Waals surface area contributed by atoms with E-state index in [1.807, 2.05) is 17.7 Å². The van der Waals surface area contributed by atoms with Crippen molar-refractivity contribution in [3.05, 3.63) is 28.2 Å². The molecule has 0 fully saturated rings. The molecule has 2 rings (SSSR count). The summed E-state index contributed by atoms with van der Waals surface area (Å²) < 4.78 is 1.91. The molecule has 0 saturated heterocycles. The Hall–Kier alpha value is -1.29. The van der Waals surface area contributed by atoms with Crippen molar-refractivity contribution in [2.45, 2.75) is 10.9 Å². The minimum absolute atomic E-state index is 0.404. The standard InChI is InChI=1S/C11H12N4S2/c1-15-8-13-14-11(15)16-7-10-5-4-9(17-10)3-2-6-12/h4-5,8H,6-7,12H2,1H3. The monoisotopic (exact) mass is 264 g/mol. The van der Waals surface area contributed by atoms with Crippen molar-refractivity contribution in [1.82, 2.24) is 14.8 Å². The van der Waals surface area contributed by atoms with E-state index in [2.05, 4.69) is 28.1 Å². The Morgan fingerprint density at radius 3 is 3.12 bits per heavy atom. The van der Waals surface area contributed by atoms with Crippen LogP contribution in [0.5, 0.6) is 0 Å². The van der Waals surface area contributed by atoms with E-state index in [9.17, 15) is 0 Å². The maximum Gasteiger partial charge on any atom is 0.191 e. The van der Waals surface area contributed by atoms with Gasteiger partial charge in [-0.05, 0) is 12.1 Å². The van der Waals surface area contributed by atoms with Crippen LogP contribution in [0.25, 0.3) is 0 Å². The Balaban J connectivity index is 1.96. The summed E-state index contributed by atoms with van der Waals surface area (Å²) in [5.74, 6) is 6.77. The van der Waals surface area contributed by atoms with Crippen LogP contribution in [0, 0.1) is 11.8 Å². The molecule has 0 aliphatic carbocycles. The SMILES string of the molecule is Cn1cnnc1SCc1ccc(C#CCN)s1. The maximum absolute atomic E-state index is 5.33. The van der Waals surface area contributed by atoms with Gasteiger partial charge in [-0.3, -0.25) is 0 Å². The van der Waals surface area contributed by atoms with Crippen LogP contribution in [0.4, 0.5) is 0 Å². The topological polar surface area (TPSA) is 56.7 Å². The van der Waals surface area contributed by atoms with Gasteiger partial charge in [-0.15, -0.1) is 21.5 Å². The fourth-order valence-electron chi connectivity index (χ4n) is 1.20. The normalized spacial score (nSPS) is 10.0. The second-order valence-corrected chi connectivity index (χ2v) is 5.40. The summed E-state index contributed by atoms with van der Waals surface area (Å²) in [6.07, 6.45) is 1.70. The summed E-state index contributed by atoms with van der Waals surface area (Å²) in [6.45, 7) is 0.404. The van der Waals surface area contributed by atoms with Crippen LogP contribution < -0.4 is 5.73 Å². The summed E-state index contributed by atoms with van der Waals surface area (Å²) in [4.78, 5) is 2.34. The predicted molar refractivity (Wildman–Crippen MR) is 70.8 cm³/mol. The number of thioether (sulfide) groups is 1. The molecular formula is C11H12N4S2. The highest BCUT2D eigenvalue weighted by molar-refractivity contribution is 7.98. The molecule has 2 N–H and O–H groups in total. The highest BCUT2D eigenvalue weighted by Crippen LogP contribution is 2.24. The van der Waals surface area contributed by atoms with Crippen molar-refractivity contribution in [3.63, 3.8) is 0 Å². The molecule has 0 aliphatic rings. The molecule has 88 valence electrons. The molecule has 0 atom stereocenters. The van der Waals surface area contributed by atoms with Crippen molar-refractivity contribution < 1.29 is 0 Å². The first-order chi connectivity index (χ1) is 8.29. The van der Waals surface area contributed by atoms with Gasteiger partial charge in [0.05, 0.1) is 11.4 Å². The molecule has 0 amide bonds. The van der Waals surface area contributed by atoms with Crippen LogP contribution in [-0.4, -0.2) is 21.3 Å². The van der Waals surface area contributed by atoms with Gasteiger partial charge in [-0.2, -0.15) is 0 Å². The van der Waals surface area contributed by atoms with E-state index < -0.39 is 0 Å². The van der Waals surface area contributed by atoms with Gasteiger partial charge in [-0.1, -0.05) is 23.6 Å². The predicted octanol–water partition coefficient (Wildman–Crippen LogP) is 1.48. The lowest BCUT2D eigenvalue weighted by Gasteiger charge is -1.97.